The van der Waals surface area contributed by atoms with Crippen LogP contribution in [0.2, 0.25) is 0 Å². The first-order valence-corrected chi connectivity index (χ1v) is 8.04. The van der Waals surface area contributed by atoms with Gasteiger partial charge in [0, 0.05) is 17.7 Å². The summed E-state index contributed by atoms with van der Waals surface area (Å²) < 4.78 is 28.7. The van der Waals surface area contributed by atoms with Crippen molar-refractivity contribution in [3.05, 3.63) is 40.3 Å². The van der Waals surface area contributed by atoms with Crippen molar-refractivity contribution in [2.75, 3.05) is 4.72 Å². The lowest BCUT2D eigenvalue weighted by molar-refractivity contribution is 0.0697. The third-order valence-corrected chi connectivity index (χ3v) is 4.71. The number of benzene rings is 1. The summed E-state index contributed by atoms with van der Waals surface area (Å²) in [6.07, 6.45) is 1.40. The van der Waals surface area contributed by atoms with Gasteiger partial charge in [-0.1, -0.05) is 0 Å². The molecule has 1 heterocycles. The summed E-state index contributed by atoms with van der Waals surface area (Å²) >= 11 is 3.14. The Balaban J connectivity index is 2.35. The van der Waals surface area contributed by atoms with E-state index in [1.807, 2.05) is 0 Å². The molecule has 7 nitrogen and oxygen atoms in total. The Hall–Kier alpha value is -1.87. The smallest absolute Gasteiger partial charge is 0.335 e. The summed E-state index contributed by atoms with van der Waals surface area (Å²) in [5.41, 5.74) is 0.293. The zero-order valence-electron chi connectivity index (χ0n) is 11.2. The second-order valence-electron chi connectivity index (χ2n) is 4.34. The zero-order chi connectivity index (χ0) is 15.8. The number of carboxylic acids is 1. The van der Waals surface area contributed by atoms with Gasteiger partial charge in [0.15, 0.2) is 5.03 Å². The molecule has 0 unspecified atom stereocenters. The minimum Gasteiger partial charge on any atom is -0.478 e. The first-order valence-electron chi connectivity index (χ1n) is 5.76. The Morgan fingerprint density at radius 1 is 1.43 bits per heavy atom. The standard InChI is InChI=1S/C12H12BrN3O4S/c1-7-14-11(6-16(7)2)21(19,20)15-10-4-3-8(12(17)18)5-9(10)13/h3-6,15H,1-2H3,(H,17,18). The number of halogens is 1. The van der Waals surface area contributed by atoms with Crippen molar-refractivity contribution in [3.8, 4) is 0 Å². The molecule has 112 valence electrons. The molecule has 0 saturated heterocycles. The highest BCUT2D eigenvalue weighted by molar-refractivity contribution is 9.10. The Morgan fingerprint density at radius 3 is 2.57 bits per heavy atom. The second-order valence-corrected chi connectivity index (χ2v) is 6.83. The molecule has 1 aromatic carbocycles. The predicted molar refractivity (Wildman–Crippen MR) is 79.9 cm³/mol. The maximum Gasteiger partial charge on any atom is 0.335 e. The van der Waals surface area contributed by atoms with Crippen molar-refractivity contribution in [2.24, 2.45) is 7.05 Å². The van der Waals surface area contributed by atoms with Crippen LogP contribution in [0.3, 0.4) is 0 Å². The van der Waals surface area contributed by atoms with Crippen LogP contribution in [0.15, 0.2) is 33.9 Å². The van der Waals surface area contributed by atoms with Crippen LogP contribution in [0.25, 0.3) is 0 Å². The van der Waals surface area contributed by atoms with E-state index < -0.39 is 16.0 Å². The molecule has 2 rings (SSSR count). The number of aromatic carboxylic acids is 1. The Labute approximate surface area is 129 Å². The molecule has 9 heteroatoms. The predicted octanol–water partition coefficient (Wildman–Crippen LogP) is 1.99. The minimum atomic E-state index is -3.83. The molecule has 0 aliphatic heterocycles. The van der Waals surface area contributed by atoms with Crippen molar-refractivity contribution in [1.82, 2.24) is 9.55 Å². The molecule has 21 heavy (non-hydrogen) atoms. The fourth-order valence-corrected chi connectivity index (χ4v) is 3.31. The van der Waals surface area contributed by atoms with Gasteiger partial charge in [-0.3, -0.25) is 4.72 Å². The van der Waals surface area contributed by atoms with Crippen LogP contribution in [0.4, 0.5) is 5.69 Å². The highest BCUT2D eigenvalue weighted by Crippen LogP contribution is 2.26. The molecule has 2 N–H and O–H groups in total. The number of carbonyl (C=O) groups is 1. The number of anilines is 1. The van der Waals surface area contributed by atoms with E-state index in [1.54, 1.807) is 18.5 Å². The molecule has 0 atom stereocenters. The molecule has 0 bridgehead atoms. The van der Waals surface area contributed by atoms with Crippen LogP contribution in [-0.4, -0.2) is 29.0 Å². The fraction of sp³-hybridized carbons (Fsp3) is 0.167. The number of aryl methyl sites for hydroxylation is 2. The van der Waals surface area contributed by atoms with E-state index in [-0.39, 0.29) is 16.3 Å². The lowest BCUT2D eigenvalue weighted by Crippen LogP contribution is -2.14. The van der Waals surface area contributed by atoms with Crippen molar-refractivity contribution < 1.29 is 18.3 Å². The maximum atomic E-state index is 12.2. The lowest BCUT2D eigenvalue weighted by Gasteiger charge is -2.08. The number of nitrogens with one attached hydrogen (secondary N) is 1. The summed E-state index contributed by atoms with van der Waals surface area (Å²) in [6.45, 7) is 1.69. The molecule has 0 fully saturated rings. The molecule has 0 radical (unpaired) electrons. The summed E-state index contributed by atoms with van der Waals surface area (Å²) in [5.74, 6) is -0.527. The third-order valence-electron chi connectivity index (χ3n) is 2.82. The average molecular weight is 374 g/mol. The van der Waals surface area contributed by atoms with Crippen molar-refractivity contribution in [3.63, 3.8) is 0 Å². The van der Waals surface area contributed by atoms with Gasteiger partial charge in [0.2, 0.25) is 0 Å². The van der Waals surface area contributed by atoms with E-state index in [9.17, 15) is 13.2 Å². The fourth-order valence-electron chi connectivity index (χ4n) is 1.58. The van der Waals surface area contributed by atoms with Gasteiger partial charge in [-0.15, -0.1) is 0 Å². The van der Waals surface area contributed by atoms with E-state index in [4.69, 9.17) is 5.11 Å². The van der Waals surface area contributed by atoms with Gasteiger partial charge in [-0.25, -0.2) is 9.78 Å². The number of nitrogens with zero attached hydrogens (tertiary/aromatic N) is 2. The van der Waals surface area contributed by atoms with Gasteiger partial charge in [-0.05, 0) is 41.1 Å². The van der Waals surface area contributed by atoms with Crippen LogP contribution in [0, 0.1) is 6.92 Å². The monoisotopic (exact) mass is 373 g/mol. The SMILES string of the molecule is Cc1nc(S(=O)(=O)Nc2ccc(C(=O)O)cc2Br)cn1C. The Morgan fingerprint density at radius 2 is 2.10 bits per heavy atom. The molecule has 0 saturated carbocycles. The van der Waals surface area contributed by atoms with Crippen LogP contribution in [0.5, 0.6) is 0 Å². The number of imidazole rings is 1. The lowest BCUT2D eigenvalue weighted by atomic mass is 10.2. The normalized spacial score (nSPS) is 11.4. The summed E-state index contributed by atoms with van der Waals surface area (Å²) in [5, 5.41) is 8.77. The molecular weight excluding hydrogens is 362 g/mol. The Kier molecular flexibility index (Phi) is 4.06. The van der Waals surface area contributed by atoms with Crippen molar-refractivity contribution >= 4 is 37.6 Å². The number of hydrogen-bond acceptors (Lipinski definition) is 4. The van der Waals surface area contributed by atoms with Gasteiger partial charge in [0.25, 0.3) is 10.0 Å². The number of sulfonamides is 1. The first kappa shape index (κ1) is 15.5. The molecular formula is C12H12BrN3O4S. The van der Waals surface area contributed by atoms with Crippen molar-refractivity contribution in [1.29, 1.82) is 0 Å². The first-order chi connectivity index (χ1) is 9.70. The third kappa shape index (κ3) is 3.24. The van der Waals surface area contributed by atoms with Crippen molar-refractivity contribution in [2.45, 2.75) is 11.9 Å². The number of carboxylic acid groups (broad SMARTS) is 1. The van der Waals surface area contributed by atoms with Gasteiger partial charge < -0.3 is 9.67 Å². The highest BCUT2D eigenvalue weighted by atomic mass is 79.9. The maximum absolute atomic E-state index is 12.2. The molecule has 1 aromatic heterocycles. The van der Waals surface area contributed by atoms with Gasteiger partial charge in [-0.2, -0.15) is 8.42 Å². The van der Waals surface area contributed by atoms with Gasteiger partial charge in [0.1, 0.15) is 5.82 Å². The molecule has 2 aromatic rings. The largest absolute Gasteiger partial charge is 0.478 e. The molecule has 0 amide bonds. The van der Waals surface area contributed by atoms with E-state index in [0.717, 1.165) is 0 Å². The van der Waals surface area contributed by atoms with Crippen LogP contribution < -0.4 is 4.72 Å². The zero-order valence-corrected chi connectivity index (χ0v) is 13.6. The molecule has 0 aliphatic carbocycles. The summed E-state index contributed by atoms with van der Waals surface area (Å²) in [4.78, 5) is 14.8. The number of hydrogen-bond donors (Lipinski definition) is 2. The number of rotatable bonds is 4. The molecule has 0 aliphatic rings. The summed E-state index contributed by atoms with van der Waals surface area (Å²) in [7, 11) is -2.14. The Bertz CT molecular complexity index is 794. The van der Waals surface area contributed by atoms with Crippen LogP contribution >= 0.6 is 15.9 Å². The minimum absolute atomic E-state index is 0.0542. The highest BCUT2D eigenvalue weighted by Gasteiger charge is 2.20. The molecule has 0 spiro atoms. The van der Waals surface area contributed by atoms with E-state index in [1.165, 1.54) is 24.4 Å². The van der Waals surface area contributed by atoms with Crippen LogP contribution in [0.1, 0.15) is 16.2 Å². The van der Waals surface area contributed by atoms with Gasteiger partial charge >= 0.3 is 5.97 Å². The average Bonchev–Trinajstić information content (AvgIpc) is 2.72. The summed E-state index contributed by atoms with van der Waals surface area (Å²) in [6, 6.07) is 4.01. The van der Waals surface area contributed by atoms with E-state index in [0.29, 0.717) is 10.3 Å². The van der Waals surface area contributed by atoms with Gasteiger partial charge in [0.05, 0.1) is 11.3 Å². The quantitative estimate of drug-likeness (QED) is 0.852. The second kappa shape index (κ2) is 5.49. The number of aromatic nitrogens is 2. The van der Waals surface area contributed by atoms with E-state index in [2.05, 4.69) is 25.6 Å². The topological polar surface area (TPSA) is 101 Å². The van der Waals surface area contributed by atoms with E-state index >= 15 is 0 Å². The van der Waals surface area contributed by atoms with Crippen LogP contribution in [-0.2, 0) is 17.1 Å².